The number of carbonyl (C=O) groups excluding carboxylic acids is 1. The number of methoxy groups -OCH3 is 2. The molecule has 3 aromatic rings. The highest BCUT2D eigenvalue weighted by atomic mass is 32.2. The molecule has 1 heterocycles. The van der Waals surface area contributed by atoms with Gasteiger partial charge in [0.2, 0.25) is 0 Å². The maximum atomic E-state index is 12.4. The van der Waals surface area contributed by atoms with Gasteiger partial charge in [0.05, 0.1) is 19.1 Å². The third-order valence-electron chi connectivity index (χ3n) is 3.95. The van der Waals surface area contributed by atoms with Gasteiger partial charge >= 0.3 is 0 Å². The lowest BCUT2D eigenvalue weighted by Gasteiger charge is -2.12. The fourth-order valence-corrected chi connectivity index (χ4v) is 4.48. The summed E-state index contributed by atoms with van der Waals surface area (Å²) < 4.78 is 37.5. The number of amides is 1. The maximum absolute atomic E-state index is 12.4. The second-order valence-electron chi connectivity index (χ2n) is 5.95. The molecule has 0 spiro atoms. The van der Waals surface area contributed by atoms with Gasteiger partial charge in [-0.1, -0.05) is 0 Å². The first-order valence-electron chi connectivity index (χ1n) is 8.69. The highest BCUT2D eigenvalue weighted by Gasteiger charge is 2.16. The summed E-state index contributed by atoms with van der Waals surface area (Å²) in [5.74, 6) is 0.474. The Morgan fingerprint density at radius 1 is 1.06 bits per heavy atom. The average Bonchev–Trinajstić information content (AvgIpc) is 3.25. The molecule has 0 saturated carbocycles. The van der Waals surface area contributed by atoms with Gasteiger partial charge < -0.3 is 14.8 Å². The van der Waals surface area contributed by atoms with Crippen molar-refractivity contribution in [2.24, 2.45) is 0 Å². The Kier molecular flexibility index (Phi) is 7.05. The molecule has 0 unspecified atom stereocenters. The largest absolute Gasteiger partial charge is 0.493 e. The lowest BCUT2D eigenvalue weighted by atomic mass is 10.2. The summed E-state index contributed by atoms with van der Waals surface area (Å²) in [5, 5.41) is 7.39. The molecular weight excluding hydrogens is 460 g/mol. The van der Waals surface area contributed by atoms with E-state index in [9.17, 15) is 13.2 Å². The van der Waals surface area contributed by atoms with E-state index in [1.165, 1.54) is 62.1 Å². The molecule has 0 atom stereocenters. The number of hydrogen-bond donors (Lipinski definition) is 3. The molecule has 0 aliphatic carbocycles. The van der Waals surface area contributed by atoms with E-state index in [1.54, 1.807) is 17.5 Å². The van der Waals surface area contributed by atoms with Gasteiger partial charge in [-0.15, -0.1) is 11.3 Å². The van der Waals surface area contributed by atoms with Crippen LogP contribution in [-0.2, 0) is 10.0 Å². The molecule has 162 valence electrons. The zero-order valence-corrected chi connectivity index (χ0v) is 18.9. The Morgan fingerprint density at radius 3 is 2.39 bits per heavy atom. The topological polar surface area (TPSA) is 119 Å². The zero-order chi connectivity index (χ0) is 22.4. The molecule has 0 fully saturated rings. The molecule has 3 N–H and O–H groups in total. The molecule has 3 rings (SSSR count). The number of anilines is 2. The van der Waals surface area contributed by atoms with Crippen molar-refractivity contribution in [1.29, 1.82) is 0 Å². The molecule has 9 nitrogen and oxygen atoms in total. The first-order chi connectivity index (χ1) is 14.8. The number of rotatable bonds is 7. The van der Waals surface area contributed by atoms with Gasteiger partial charge in [0.25, 0.3) is 15.9 Å². The molecule has 0 saturated heterocycles. The Bertz CT molecular complexity index is 1180. The minimum Gasteiger partial charge on any atom is -0.493 e. The van der Waals surface area contributed by atoms with Crippen molar-refractivity contribution in [2.45, 2.75) is 4.90 Å². The molecule has 0 aliphatic heterocycles. The van der Waals surface area contributed by atoms with Gasteiger partial charge in [0.1, 0.15) is 0 Å². The number of nitrogens with zero attached hydrogens (tertiary/aromatic N) is 1. The Balaban J connectivity index is 1.62. The Morgan fingerprint density at radius 2 is 1.77 bits per heavy atom. The van der Waals surface area contributed by atoms with E-state index in [4.69, 9.17) is 21.7 Å². The van der Waals surface area contributed by atoms with Gasteiger partial charge in [-0.25, -0.2) is 13.4 Å². The molecule has 2 aromatic carbocycles. The SMILES string of the molecule is COc1ccc(C(=O)NC(=S)Nc2ccc(S(=O)(=O)Nc3nccs3)cc2)cc1OC. The fraction of sp³-hybridized carbons (Fsp3) is 0.105. The van der Waals surface area contributed by atoms with Crippen molar-refractivity contribution in [3.8, 4) is 11.5 Å². The van der Waals surface area contributed by atoms with Gasteiger partial charge in [0, 0.05) is 22.8 Å². The van der Waals surface area contributed by atoms with Crippen LogP contribution >= 0.6 is 23.6 Å². The van der Waals surface area contributed by atoms with Crippen LogP contribution in [0.5, 0.6) is 11.5 Å². The predicted molar refractivity (Wildman–Crippen MR) is 123 cm³/mol. The zero-order valence-electron chi connectivity index (χ0n) is 16.4. The predicted octanol–water partition coefficient (Wildman–Crippen LogP) is 3.09. The third kappa shape index (κ3) is 5.69. The summed E-state index contributed by atoms with van der Waals surface area (Å²) in [7, 11) is -0.774. The minimum atomic E-state index is -3.75. The van der Waals surface area contributed by atoms with Crippen LogP contribution in [0, 0.1) is 0 Å². The summed E-state index contributed by atoms with van der Waals surface area (Å²) in [5.41, 5.74) is 0.835. The fourth-order valence-electron chi connectivity index (χ4n) is 2.48. The van der Waals surface area contributed by atoms with E-state index in [1.807, 2.05) is 0 Å². The lowest BCUT2D eigenvalue weighted by molar-refractivity contribution is 0.0977. The van der Waals surface area contributed by atoms with Crippen LogP contribution in [0.4, 0.5) is 10.8 Å². The number of carbonyl (C=O) groups is 1. The second-order valence-corrected chi connectivity index (χ2v) is 8.93. The summed E-state index contributed by atoms with van der Waals surface area (Å²) in [6.07, 6.45) is 1.51. The molecule has 1 aromatic heterocycles. The monoisotopic (exact) mass is 478 g/mol. The quantitative estimate of drug-likeness (QED) is 0.444. The van der Waals surface area contributed by atoms with E-state index < -0.39 is 15.9 Å². The van der Waals surface area contributed by atoms with Crippen molar-refractivity contribution < 1.29 is 22.7 Å². The molecule has 31 heavy (non-hydrogen) atoms. The van der Waals surface area contributed by atoms with E-state index >= 15 is 0 Å². The van der Waals surface area contributed by atoms with Crippen LogP contribution in [0.1, 0.15) is 10.4 Å². The van der Waals surface area contributed by atoms with Crippen molar-refractivity contribution >= 4 is 55.4 Å². The summed E-state index contributed by atoms with van der Waals surface area (Å²) in [6.45, 7) is 0. The van der Waals surface area contributed by atoms with Crippen LogP contribution in [-0.4, -0.2) is 38.6 Å². The molecule has 12 heteroatoms. The number of sulfonamides is 1. The molecule has 1 amide bonds. The third-order valence-corrected chi connectivity index (χ3v) is 6.33. The smallest absolute Gasteiger partial charge is 0.263 e. The van der Waals surface area contributed by atoms with Crippen molar-refractivity contribution in [2.75, 3.05) is 24.3 Å². The average molecular weight is 479 g/mol. The number of thiocarbonyl (C=S) groups is 1. The number of aromatic nitrogens is 1. The van der Waals surface area contributed by atoms with Crippen LogP contribution in [0.3, 0.4) is 0 Å². The van der Waals surface area contributed by atoms with Crippen LogP contribution in [0.15, 0.2) is 58.9 Å². The lowest BCUT2D eigenvalue weighted by Crippen LogP contribution is -2.34. The van der Waals surface area contributed by atoms with E-state index in [-0.39, 0.29) is 15.1 Å². The summed E-state index contributed by atoms with van der Waals surface area (Å²) in [4.78, 5) is 16.4. The highest BCUT2D eigenvalue weighted by Crippen LogP contribution is 2.27. The number of benzene rings is 2. The Hall–Kier alpha value is -3.22. The maximum Gasteiger partial charge on any atom is 0.263 e. The van der Waals surface area contributed by atoms with E-state index in [0.29, 0.717) is 22.7 Å². The van der Waals surface area contributed by atoms with Gasteiger partial charge in [-0.2, -0.15) is 0 Å². The van der Waals surface area contributed by atoms with Gasteiger partial charge in [-0.05, 0) is 54.7 Å². The van der Waals surface area contributed by atoms with Crippen LogP contribution < -0.4 is 24.8 Å². The molecule has 0 aliphatic rings. The van der Waals surface area contributed by atoms with Gasteiger partial charge in [-0.3, -0.25) is 14.8 Å². The highest BCUT2D eigenvalue weighted by molar-refractivity contribution is 7.93. The summed E-state index contributed by atoms with van der Waals surface area (Å²) in [6, 6.07) is 10.6. The normalized spacial score (nSPS) is 10.8. The van der Waals surface area contributed by atoms with Crippen molar-refractivity contribution in [1.82, 2.24) is 10.3 Å². The number of nitrogens with one attached hydrogen (secondary N) is 3. The Labute approximate surface area is 188 Å². The number of hydrogen-bond acceptors (Lipinski definition) is 8. The van der Waals surface area contributed by atoms with Gasteiger partial charge in [0.15, 0.2) is 21.7 Å². The number of thiazole rings is 1. The molecule has 0 radical (unpaired) electrons. The first-order valence-corrected chi connectivity index (χ1v) is 11.5. The molecular formula is C19H18N4O5S3. The van der Waals surface area contributed by atoms with E-state index in [0.717, 1.165) is 0 Å². The van der Waals surface area contributed by atoms with Crippen molar-refractivity contribution in [3.63, 3.8) is 0 Å². The van der Waals surface area contributed by atoms with Crippen molar-refractivity contribution in [3.05, 3.63) is 59.6 Å². The second kappa shape index (κ2) is 9.73. The standard InChI is InChI=1S/C19H18N4O5S3/c1-27-15-8-3-12(11-16(15)28-2)17(24)22-18(29)21-13-4-6-14(7-5-13)31(25,26)23-19-20-9-10-30-19/h3-11H,1-2H3,(H,20,23)(H2,21,22,24,29). The summed E-state index contributed by atoms with van der Waals surface area (Å²) >= 11 is 6.35. The minimum absolute atomic E-state index is 0.0521. The van der Waals surface area contributed by atoms with E-state index in [2.05, 4.69) is 20.3 Å². The first kappa shape index (κ1) is 22.5. The molecule has 0 bridgehead atoms. The van der Waals surface area contributed by atoms with Crippen LogP contribution in [0.25, 0.3) is 0 Å². The number of ether oxygens (including phenoxy) is 2. The van der Waals surface area contributed by atoms with Crippen LogP contribution in [0.2, 0.25) is 0 Å².